The zero-order chi connectivity index (χ0) is 19.2. The van der Waals surface area contributed by atoms with E-state index in [0.717, 1.165) is 23.4 Å². The van der Waals surface area contributed by atoms with Gasteiger partial charge in [0.25, 0.3) is 5.91 Å². The lowest BCUT2D eigenvalue weighted by molar-refractivity contribution is 0.102. The highest BCUT2D eigenvalue weighted by molar-refractivity contribution is 6.03. The minimum absolute atomic E-state index is 0.233. The van der Waals surface area contributed by atoms with Crippen LogP contribution in [0.15, 0.2) is 60.8 Å². The highest BCUT2D eigenvalue weighted by Crippen LogP contribution is 2.19. The van der Waals surface area contributed by atoms with Gasteiger partial charge in [0.15, 0.2) is 0 Å². The fourth-order valence-corrected chi connectivity index (χ4v) is 2.83. The van der Waals surface area contributed by atoms with Crippen LogP contribution in [0.25, 0.3) is 0 Å². The van der Waals surface area contributed by atoms with Crippen molar-refractivity contribution in [3.63, 3.8) is 0 Å². The molecule has 0 aliphatic heterocycles. The molecule has 0 saturated carbocycles. The number of amides is 1. The third-order valence-corrected chi connectivity index (χ3v) is 4.61. The van der Waals surface area contributed by atoms with Gasteiger partial charge in [-0.25, -0.2) is 9.97 Å². The van der Waals surface area contributed by atoms with E-state index in [0.29, 0.717) is 18.2 Å². The Morgan fingerprint density at radius 2 is 1.81 bits per heavy atom. The Morgan fingerprint density at radius 1 is 1.04 bits per heavy atom. The lowest BCUT2D eigenvalue weighted by Crippen LogP contribution is -2.25. The van der Waals surface area contributed by atoms with Crippen LogP contribution in [0.5, 0.6) is 0 Å². The number of nitrogens with zero attached hydrogens (tertiary/aromatic N) is 3. The quantitative estimate of drug-likeness (QED) is 0.709. The Labute approximate surface area is 160 Å². The van der Waals surface area contributed by atoms with Gasteiger partial charge < -0.3 is 10.2 Å². The fourth-order valence-electron chi connectivity index (χ4n) is 2.83. The van der Waals surface area contributed by atoms with Gasteiger partial charge in [0.05, 0.1) is 0 Å². The first-order valence-electron chi connectivity index (χ1n) is 9.08. The van der Waals surface area contributed by atoms with Gasteiger partial charge in [0.2, 0.25) is 5.95 Å². The predicted molar refractivity (Wildman–Crippen MR) is 109 cm³/mol. The third-order valence-electron chi connectivity index (χ3n) is 4.61. The number of hydrogen-bond acceptors (Lipinski definition) is 4. The maximum atomic E-state index is 12.7. The fraction of sp³-hybridized carbons (Fsp3) is 0.227. The summed E-state index contributed by atoms with van der Waals surface area (Å²) in [6, 6.07) is 17.7. The summed E-state index contributed by atoms with van der Waals surface area (Å²) >= 11 is 0. The number of rotatable bonds is 6. The molecule has 0 aliphatic rings. The minimum atomic E-state index is -0.233. The molecule has 3 rings (SSSR count). The summed E-state index contributed by atoms with van der Waals surface area (Å²) in [5.41, 5.74) is 4.52. The van der Waals surface area contributed by atoms with E-state index < -0.39 is 0 Å². The Bertz CT molecular complexity index is 925. The van der Waals surface area contributed by atoms with Gasteiger partial charge in [-0.1, -0.05) is 42.5 Å². The van der Waals surface area contributed by atoms with Crippen molar-refractivity contribution in [2.45, 2.75) is 27.3 Å². The first kappa shape index (κ1) is 18.6. The Hall–Kier alpha value is -3.21. The molecule has 0 aliphatic carbocycles. The van der Waals surface area contributed by atoms with E-state index in [2.05, 4.69) is 34.3 Å². The van der Waals surface area contributed by atoms with Gasteiger partial charge in [-0.05, 0) is 49.6 Å². The number of benzene rings is 2. The van der Waals surface area contributed by atoms with Crippen LogP contribution in [0.1, 0.15) is 34.1 Å². The number of anilines is 2. The van der Waals surface area contributed by atoms with Crippen molar-refractivity contribution in [1.82, 2.24) is 9.97 Å². The number of carbonyl (C=O) groups is 1. The lowest BCUT2D eigenvalue weighted by atomic mass is 10.1. The van der Waals surface area contributed by atoms with Gasteiger partial charge in [-0.15, -0.1) is 0 Å². The van der Waals surface area contributed by atoms with Crippen LogP contribution in [0.2, 0.25) is 0 Å². The molecule has 1 aromatic heterocycles. The number of nitrogens with one attached hydrogen (secondary N) is 1. The molecule has 0 saturated heterocycles. The average Bonchev–Trinajstić information content (AvgIpc) is 2.70. The Balaban J connectivity index is 1.79. The van der Waals surface area contributed by atoms with Crippen LogP contribution in [0.3, 0.4) is 0 Å². The zero-order valence-corrected chi connectivity index (χ0v) is 15.9. The lowest BCUT2D eigenvalue weighted by Gasteiger charge is -2.21. The molecule has 0 atom stereocenters. The highest BCUT2D eigenvalue weighted by Gasteiger charge is 2.14. The molecule has 27 heavy (non-hydrogen) atoms. The van der Waals surface area contributed by atoms with E-state index in [-0.39, 0.29) is 5.91 Å². The molecule has 0 unspecified atom stereocenters. The van der Waals surface area contributed by atoms with Gasteiger partial charge >= 0.3 is 0 Å². The van der Waals surface area contributed by atoms with E-state index in [1.807, 2.05) is 55.1 Å². The van der Waals surface area contributed by atoms with Crippen molar-refractivity contribution in [2.24, 2.45) is 0 Å². The molecule has 3 aromatic rings. The minimum Gasteiger partial charge on any atom is -0.337 e. The molecule has 5 heteroatoms. The molecule has 0 fully saturated rings. The van der Waals surface area contributed by atoms with Crippen LogP contribution < -0.4 is 10.2 Å². The summed E-state index contributed by atoms with van der Waals surface area (Å²) in [7, 11) is 0. The second kappa shape index (κ2) is 8.45. The molecule has 1 N–H and O–H groups in total. The predicted octanol–water partition coefficient (Wildman–Crippen LogP) is 4.37. The van der Waals surface area contributed by atoms with Crippen molar-refractivity contribution in [1.29, 1.82) is 0 Å². The third kappa shape index (κ3) is 4.50. The summed E-state index contributed by atoms with van der Waals surface area (Å²) in [6.45, 7) is 7.51. The molecule has 0 radical (unpaired) electrons. The second-order valence-electron chi connectivity index (χ2n) is 6.44. The number of aromatic nitrogens is 2. The molecule has 2 aromatic carbocycles. The summed E-state index contributed by atoms with van der Waals surface area (Å²) in [5.74, 6) is 0.318. The van der Waals surface area contributed by atoms with Crippen molar-refractivity contribution in [3.8, 4) is 0 Å². The van der Waals surface area contributed by atoms with E-state index >= 15 is 0 Å². The van der Waals surface area contributed by atoms with E-state index in [1.54, 1.807) is 12.3 Å². The smallest absolute Gasteiger partial charge is 0.274 e. The van der Waals surface area contributed by atoms with Gasteiger partial charge in [0.1, 0.15) is 5.69 Å². The molecule has 1 heterocycles. The summed E-state index contributed by atoms with van der Waals surface area (Å²) < 4.78 is 0. The van der Waals surface area contributed by atoms with Crippen LogP contribution in [-0.2, 0) is 6.54 Å². The topological polar surface area (TPSA) is 58.1 Å². The van der Waals surface area contributed by atoms with Crippen molar-refractivity contribution >= 4 is 17.5 Å². The normalized spacial score (nSPS) is 10.5. The van der Waals surface area contributed by atoms with Crippen molar-refractivity contribution < 1.29 is 4.79 Å². The van der Waals surface area contributed by atoms with E-state index in [4.69, 9.17) is 0 Å². The zero-order valence-electron chi connectivity index (χ0n) is 15.9. The number of aryl methyl sites for hydroxylation is 1. The summed E-state index contributed by atoms with van der Waals surface area (Å²) in [4.78, 5) is 23.6. The SMILES string of the molecule is CCN(Cc1ccccc1)c1nccc(C(=O)Nc2cccc(C)c2C)n1. The highest BCUT2D eigenvalue weighted by atomic mass is 16.1. The summed E-state index contributed by atoms with van der Waals surface area (Å²) in [5, 5.41) is 2.95. The number of hydrogen-bond donors (Lipinski definition) is 1. The van der Waals surface area contributed by atoms with Crippen LogP contribution in [0, 0.1) is 13.8 Å². The van der Waals surface area contributed by atoms with Crippen LogP contribution in [-0.4, -0.2) is 22.4 Å². The molecular weight excluding hydrogens is 336 g/mol. The maximum absolute atomic E-state index is 12.7. The molecule has 1 amide bonds. The van der Waals surface area contributed by atoms with Crippen molar-refractivity contribution in [2.75, 3.05) is 16.8 Å². The van der Waals surface area contributed by atoms with Crippen molar-refractivity contribution in [3.05, 3.63) is 83.2 Å². The maximum Gasteiger partial charge on any atom is 0.274 e. The monoisotopic (exact) mass is 360 g/mol. The largest absolute Gasteiger partial charge is 0.337 e. The molecular formula is C22H24N4O. The first-order chi connectivity index (χ1) is 13.1. The number of carbonyl (C=O) groups excluding carboxylic acids is 1. The standard InChI is InChI=1S/C22H24N4O/c1-4-26(15-18-10-6-5-7-11-18)22-23-14-13-20(25-22)21(27)24-19-12-8-9-16(2)17(19)3/h5-14H,4,15H2,1-3H3,(H,24,27). The second-order valence-corrected chi connectivity index (χ2v) is 6.44. The molecule has 5 nitrogen and oxygen atoms in total. The van der Waals surface area contributed by atoms with Gasteiger partial charge in [-0.2, -0.15) is 0 Å². The Kier molecular flexibility index (Phi) is 5.81. The van der Waals surface area contributed by atoms with Gasteiger partial charge in [-0.3, -0.25) is 4.79 Å². The van der Waals surface area contributed by atoms with Gasteiger partial charge in [0, 0.05) is 25.0 Å². The molecule has 0 spiro atoms. The average molecular weight is 360 g/mol. The van der Waals surface area contributed by atoms with Crippen LogP contribution in [0.4, 0.5) is 11.6 Å². The molecule has 138 valence electrons. The van der Waals surface area contributed by atoms with Crippen LogP contribution >= 0.6 is 0 Å². The van der Waals surface area contributed by atoms with E-state index in [1.165, 1.54) is 5.56 Å². The first-order valence-corrected chi connectivity index (χ1v) is 9.08. The summed E-state index contributed by atoms with van der Waals surface area (Å²) in [6.07, 6.45) is 1.63. The van der Waals surface area contributed by atoms with E-state index in [9.17, 15) is 4.79 Å². The Morgan fingerprint density at radius 3 is 2.56 bits per heavy atom. The molecule has 0 bridgehead atoms.